The summed E-state index contributed by atoms with van der Waals surface area (Å²) in [4.78, 5) is 34.7. The van der Waals surface area contributed by atoms with E-state index in [-0.39, 0.29) is 11.4 Å². The van der Waals surface area contributed by atoms with E-state index in [4.69, 9.17) is 0 Å². The zero-order chi connectivity index (χ0) is 15.5. The quantitative estimate of drug-likeness (QED) is 0.488. The summed E-state index contributed by atoms with van der Waals surface area (Å²) in [5, 5.41) is 13.3. The van der Waals surface area contributed by atoms with Gasteiger partial charge in [0.2, 0.25) is 0 Å². The lowest BCUT2D eigenvalue weighted by molar-refractivity contribution is -0.385. The third-order valence-electron chi connectivity index (χ3n) is 2.66. The first-order chi connectivity index (χ1) is 9.88. The second-order valence-corrected chi connectivity index (χ2v) is 5.82. The van der Waals surface area contributed by atoms with Gasteiger partial charge in [-0.3, -0.25) is 15.1 Å². The van der Waals surface area contributed by atoms with Crippen LogP contribution in [0.5, 0.6) is 0 Å². The number of pyridine rings is 1. The summed E-state index contributed by atoms with van der Waals surface area (Å²) in [6.07, 6.45) is 1.11. The van der Waals surface area contributed by atoms with Crippen molar-refractivity contribution in [3.8, 4) is 0 Å². The molecule has 0 radical (unpaired) electrons. The van der Waals surface area contributed by atoms with Crippen LogP contribution in [0.1, 0.15) is 11.5 Å². The van der Waals surface area contributed by atoms with Gasteiger partial charge in [-0.05, 0) is 12.1 Å². The highest BCUT2D eigenvalue weighted by Gasteiger charge is 2.25. The second-order valence-electron chi connectivity index (χ2n) is 4.17. The summed E-state index contributed by atoms with van der Waals surface area (Å²) in [6.45, 7) is 0. The maximum Gasteiger partial charge on any atom is 0.272 e. The largest absolute Gasteiger partial charge is 0.777 e. The molecule has 0 bridgehead atoms. The summed E-state index contributed by atoms with van der Waals surface area (Å²) >= 11 is 0. The molecule has 2 aromatic rings. The van der Waals surface area contributed by atoms with Gasteiger partial charge in [-0.25, -0.2) is 0 Å². The number of nitro groups is 1. The van der Waals surface area contributed by atoms with E-state index in [0.29, 0.717) is 5.69 Å². The van der Waals surface area contributed by atoms with Gasteiger partial charge in [0.15, 0.2) is 7.60 Å². The van der Waals surface area contributed by atoms with Crippen LogP contribution in [0.15, 0.2) is 48.7 Å². The molecule has 0 aliphatic carbocycles. The molecule has 2 N–H and O–H groups in total. The molecule has 0 spiro atoms. The van der Waals surface area contributed by atoms with Gasteiger partial charge in [-0.15, -0.1) is 0 Å². The molecule has 1 aromatic heterocycles. The summed E-state index contributed by atoms with van der Waals surface area (Å²) in [7, 11) is -4.86. The highest BCUT2D eigenvalue weighted by molar-refractivity contribution is 7.50. The lowest BCUT2D eigenvalue weighted by atomic mass is 10.3. The number of nitrogens with one attached hydrogen (secondary N) is 1. The van der Waals surface area contributed by atoms with Gasteiger partial charge < -0.3 is 19.7 Å². The number of rotatable bonds is 5. The Bertz CT molecular complexity index is 688. The SMILES string of the molecule is O=[N+]([O-])c1ccnc(C(Nc2ccccc2)P(=O)([O-])O)c1. The minimum atomic E-state index is -4.86. The van der Waals surface area contributed by atoms with E-state index in [2.05, 4.69) is 10.3 Å². The molecule has 8 nitrogen and oxygen atoms in total. The molecule has 0 saturated carbocycles. The molecule has 0 aliphatic rings. The molecule has 0 fully saturated rings. The van der Waals surface area contributed by atoms with Crippen LogP contribution in [-0.2, 0) is 4.57 Å². The Kier molecular flexibility index (Phi) is 4.32. The fourth-order valence-electron chi connectivity index (χ4n) is 1.71. The Morgan fingerprint density at radius 2 is 1.95 bits per heavy atom. The van der Waals surface area contributed by atoms with E-state index in [1.54, 1.807) is 30.3 Å². The zero-order valence-electron chi connectivity index (χ0n) is 10.6. The smallest absolute Gasteiger partial charge is 0.272 e. The van der Waals surface area contributed by atoms with E-state index in [1.165, 1.54) is 0 Å². The normalized spacial score (nSPS) is 15.0. The number of aromatic nitrogens is 1. The number of hydrogen-bond donors (Lipinski definition) is 2. The average Bonchev–Trinajstić information content (AvgIpc) is 2.45. The highest BCUT2D eigenvalue weighted by atomic mass is 31.2. The first kappa shape index (κ1) is 15.1. The summed E-state index contributed by atoms with van der Waals surface area (Å²) in [5.74, 6) is -1.57. The monoisotopic (exact) mass is 308 g/mol. The van der Waals surface area contributed by atoms with E-state index in [0.717, 1.165) is 18.3 Å². The Morgan fingerprint density at radius 3 is 2.52 bits per heavy atom. The van der Waals surface area contributed by atoms with Crippen molar-refractivity contribution in [2.24, 2.45) is 0 Å². The molecule has 1 heterocycles. The van der Waals surface area contributed by atoms with Gasteiger partial charge in [0.1, 0.15) is 5.78 Å². The lowest BCUT2D eigenvalue weighted by Crippen LogP contribution is -2.19. The van der Waals surface area contributed by atoms with Gasteiger partial charge in [0.05, 0.1) is 10.6 Å². The number of para-hydroxylation sites is 1. The van der Waals surface area contributed by atoms with Crippen molar-refractivity contribution in [2.75, 3.05) is 5.32 Å². The Morgan fingerprint density at radius 1 is 1.29 bits per heavy atom. The van der Waals surface area contributed by atoms with Crippen molar-refractivity contribution < 1.29 is 19.3 Å². The predicted octanol–water partition coefficient (Wildman–Crippen LogP) is 1.65. The third kappa shape index (κ3) is 3.85. The molecular weight excluding hydrogens is 297 g/mol. The molecular formula is C12H11N3O5P-. The van der Waals surface area contributed by atoms with E-state index >= 15 is 0 Å². The summed E-state index contributed by atoms with van der Waals surface area (Å²) in [5.41, 5.74) is -0.0388. The van der Waals surface area contributed by atoms with Crippen LogP contribution < -0.4 is 10.2 Å². The molecule has 110 valence electrons. The van der Waals surface area contributed by atoms with Crippen molar-refractivity contribution in [1.82, 2.24) is 4.98 Å². The first-order valence-corrected chi connectivity index (χ1v) is 7.48. The van der Waals surface area contributed by atoms with Gasteiger partial charge >= 0.3 is 0 Å². The van der Waals surface area contributed by atoms with Crippen molar-refractivity contribution in [1.29, 1.82) is 0 Å². The van der Waals surface area contributed by atoms with Crippen LogP contribution >= 0.6 is 7.60 Å². The van der Waals surface area contributed by atoms with Gasteiger partial charge in [0.25, 0.3) is 5.69 Å². The molecule has 0 aliphatic heterocycles. The van der Waals surface area contributed by atoms with Crippen LogP contribution in [0, 0.1) is 10.1 Å². The molecule has 0 amide bonds. The molecule has 0 saturated heterocycles. The predicted molar refractivity (Wildman–Crippen MR) is 73.5 cm³/mol. The van der Waals surface area contributed by atoms with E-state index in [9.17, 15) is 24.5 Å². The van der Waals surface area contributed by atoms with Gasteiger partial charge in [-0.2, -0.15) is 0 Å². The van der Waals surface area contributed by atoms with Crippen LogP contribution in [0.2, 0.25) is 0 Å². The van der Waals surface area contributed by atoms with Crippen molar-refractivity contribution in [3.63, 3.8) is 0 Å². The molecule has 2 unspecified atom stereocenters. The fourth-order valence-corrected chi connectivity index (χ4v) is 2.50. The summed E-state index contributed by atoms with van der Waals surface area (Å²) < 4.78 is 11.5. The zero-order valence-corrected chi connectivity index (χ0v) is 11.5. The number of anilines is 1. The second kappa shape index (κ2) is 6.01. The molecule has 21 heavy (non-hydrogen) atoms. The van der Waals surface area contributed by atoms with Crippen LogP contribution in [0.3, 0.4) is 0 Å². The lowest BCUT2D eigenvalue weighted by Gasteiger charge is -2.28. The Labute approximate surface area is 119 Å². The Balaban J connectivity index is 2.39. The Hall–Kier alpha value is -2.28. The standard InChI is InChI=1S/C12H12N3O5P/c16-15(17)10-6-7-13-11(8-10)12(21(18,19)20)14-9-4-2-1-3-5-9/h1-8,12,14H,(H2,18,19,20)/p-1. The first-order valence-electron chi connectivity index (χ1n) is 5.83. The van der Waals surface area contributed by atoms with Gasteiger partial charge in [-0.1, -0.05) is 18.2 Å². The number of benzene rings is 1. The topological polar surface area (TPSA) is 128 Å². The van der Waals surface area contributed by atoms with Crippen LogP contribution in [-0.4, -0.2) is 14.8 Å². The van der Waals surface area contributed by atoms with Crippen LogP contribution in [0.4, 0.5) is 11.4 Å². The average molecular weight is 308 g/mol. The third-order valence-corrected chi connectivity index (χ3v) is 3.71. The number of nitrogens with zero attached hydrogens (tertiary/aromatic N) is 2. The minimum absolute atomic E-state index is 0.158. The van der Waals surface area contributed by atoms with Crippen molar-refractivity contribution >= 4 is 19.0 Å². The molecule has 1 aromatic carbocycles. The molecule has 9 heteroatoms. The van der Waals surface area contributed by atoms with Crippen molar-refractivity contribution in [3.05, 3.63) is 64.5 Å². The van der Waals surface area contributed by atoms with Crippen molar-refractivity contribution in [2.45, 2.75) is 5.78 Å². The summed E-state index contributed by atoms with van der Waals surface area (Å²) in [6, 6.07) is 10.4. The van der Waals surface area contributed by atoms with E-state index < -0.39 is 18.3 Å². The molecule has 2 rings (SSSR count). The van der Waals surface area contributed by atoms with E-state index in [1.807, 2.05) is 0 Å². The highest BCUT2D eigenvalue weighted by Crippen LogP contribution is 2.47. The number of hydrogen-bond acceptors (Lipinski definition) is 6. The van der Waals surface area contributed by atoms with Gasteiger partial charge in [0, 0.05) is 24.0 Å². The fraction of sp³-hybridized carbons (Fsp3) is 0.0833. The maximum absolute atomic E-state index is 11.5. The maximum atomic E-state index is 11.5. The van der Waals surface area contributed by atoms with Crippen LogP contribution in [0.25, 0.3) is 0 Å². The minimum Gasteiger partial charge on any atom is -0.777 e. The molecule has 2 atom stereocenters.